The van der Waals surface area contributed by atoms with E-state index in [9.17, 15) is 22.4 Å². The van der Waals surface area contributed by atoms with Gasteiger partial charge in [0.25, 0.3) is 19.7 Å². The fourth-order valence-electron chi connectivity index (χ4n) is 5.09. The topological polar surface area (TPSA) is 123 Å². The average Bonchev–Trinajstić information content (AvgIpc) is 3.03. The van der Waals surface area contributed by atoms with Gasteiger partial charge in [0.1, 0.15) is 11.5 Å². The quantitative estimate of drug-likeness (QED) is 0.0363. The first-order chi connectivity index (χ1) is 21.8. The van der Waals surface area contributed by atoms with E-state index in [-0.39, 0.29) is 9.79 Å². The standard InChI is InChI=1S/C35H54N2O6S2/c1-3-5-7-9-11-13-15-17-19-29-42-31-21-25-33(26-22-31)44(38,39)35(37-36)45(40,41)34-27-23-32(24-28-34)43-30-20-18-16-14-12-10-8-6-4-2/h21-28H,3-20,29-30H2,1-2H3. The lowest BCUT2D eigenvalue weighted by Crippen LogP contribution is -2.26. The minimum atomic E-state index is -4.63. The molecule has 0 bridgehead atoms. The summed E-state index contributed by atoms with van der Waals surface area (Å²) < 4.78 is 62.9. The third-order valence-electron chi connectivity index (χ3n) is 7.84. The smallest absolute Gasteiger partial charge is 0.494 e. The van der Waals surface area contributed by atoms with E-state index in [1.54, 1.807) is 0 Å². The molecule has 252 valence electrons. The van der Waals surface area contributed by atoms with E-state index in [2.05, 4.69) is 18.6 Å². The van der Waals surface area contributed by atoms with Crippen LogP contribution in [0.3, 0.4) is 0 Å². The summed E-state index contributed by atoms with van der Waals surface area (Å²) in [7, 11) is -9.27. The van der Waals surface area contributed by atoms with Crippen LogP contribution in [0.2, 0.25) is 0 Å². The van der Waals surface area contributed by atoms with Crippen molar-refractivity contribution >= 4 is 24.1 Å². The van der Waals surface area contributed by atoms with E-state index in [1.165, 1.54) is 138 Å². The normalized spacial score (nSPS) is 11.7. The molecular weight excluding hydrogens is 609 g/mol. The molecule has 0 saturated carbocycles. The maximum Gasteiger partial charge on any atom is 0.504 e. The Balaban J connectivity index is 1.83. The highest BCUT2D eigenvalue weighted by molar-refractivity contribution is 8.31. The Morgan fingerprint density at radius 1 is 0.511 bits per heavy atom. The zero-order chi connectivity index (χ0) is 32.8. The zero-order valence-electron chi connectivity index (χ0n) is 27.4. The molecule has 0 fully saturated rings. The van der Waals surface area contributed by atoms with Crippen molar-refractivity contribution in [1.29, 1.82) is 0 Å². The van der Waals surface area contributed by atoms with E-state index in [1.807, 2.05) is 0 Å². The fraction of sp³-hybridized carbons (Fsp3) is 0.629. The Morgan fingerprint density at radius 2 is 0.800 bits per heavy atom. The van der Waals surface area contributed by atoms with Gasteiger partial charge < -0.3 is 15.0 Å². The van der Waals surface area contributed by atoms with Crippen LogP contribution in [0.1, 0.15) is 129 Å². The number of hydrogen-bond acceptors (Lipinski definition) is 6. The Bertz CT molecular complexity index is 1250. The molecule has 45 heavy (non-hydrogen) atoms. The Morgan fingerprint density at radius 3 is 1.09 bits per heavy atom. The first-order valence-corrected chi connectivity index (χ1v) is 19.9. The molecule has 0 N–H and O–H groups in total. The number of rotatable bonds is 24. The summed E-state index contributed by atoms with van der Waals surface area (Å²) in [6, 6.07) is 10.9. The van der Waals surface area contributed by atoms with E-state index in [0.29, 0.717) is 24.7 Å². The highest BCUT2D eigenvalue weighted by Gasteiger charge is 2.44. The van der Waals surface area contributed by atoms with E-state index in [4.69, 9.17) is 9.47 Å². The molecule has 0 atom stereocenters. The molecule has 2 rings (SSSR count). The number of benzene rings is 2. The van der Waals surface area contributed by atoms with Gasteiger partial charge >= 0.3 is 4.38 Å². The summed E-state index contributed by atoms with van der Waals surface area (Å²) in [5.41, 5.74) is 9.53. The molecule has 0 heterocycles. The van der Waals surface area contributed by atoms with Gasteiger partial charge in [0.2, 0.25) is 0 Å². The van der Waals surface area contributed by atoms with Crippen LogP contribution in [0.15, 0.2) is 58.3 Å². The average molecular weight is 663 g/mol. The highest BCUT2D eigenvalue weighted by atomic mass is 32.3. The number of nitrogens with zero attached hydrogens (tertiary/aromatic N) is 2. The van der Waals surface area contributed by atoms with Crippen LogP contribution in [-0.2, 0) is 19.7 Å². The van der Waals surface area contributed by atoms with Crippen LogP contribution in [0.25, 0.3) is 5.53 Å². The molecule has 0 aliphatic carbocycles. The van der Waals surface area contributed by atoms with Crippen molar-refractivity contribution in [3.63, 3.8) is 0 Å². The lowest BCUT2D eigenvalue weighted by molar-refractivity contribution is 0.00380. The van der Waals surface area contributed by atoms with Crippen molar-refractivity contribution in [2.45, 2.75) is 139 Å². The zero-order valence-corrected chi connectivity index (χ0v) is 29.1. The van der Waals surface area contributed by atoms with Crippen LogP contribution < -0.4 is 9.47 Å². The molecule has 8 nitrogen and oxygen atoms in total. The Labute approximate surface area is 272 Å². The highest BCUT2D eigenvalue weighted by Crippen LogP contribution is 2.24. The SMILES string of the molecule is CCCCCCCCCCCOc1ccc(S(=O)(=O)C(=[N+]=[N-])S(=O)(=O)c2ccc(OCCCCCCCCCCC)cc2)cc1. The van der Waals surface area contributed by atoms with Crippen LogP contribution in [0.5, 0.6) is 11.5 Å². The van der Waals surface area contributed by atoms with Crippen molar-refractivity contribution < 1.29 is 31.1 Å². The summed E-state index contributed by atoms with van der Waals surface area (Å²) in [6.07, 6.45) is 21.6. The first kappa shape index (κ1) is 38.5. The molecule has 0 amide bonds. The molecular formula is C35H54N2O6S2. The minimum absolute atomic E-state index is 0.310. The van der Waals surface area contributed by atoms with Crippen molar-refractivity contribution in [3.8, 4) is 11.5 Å². The van der Waals surface area contributed by atoms with Gasteiger partial charge in [-0.2, -0.15) is 0 Å². The molecule has 10 heteroatoms. The molecule has 0 radical (unpaired) electrons. The number of sulfone groups is 2. The third kappa shape index (κ3) is 14.1. The lowest BCUT2D eigenvalue weighted by atomic mass is 10.1. The van der Waals surface area contributed by atoms with Crippen molar-refractivity contribution in [3.05, 3.63) is 54.1 Å². The Hall–Kier alpha value is -2.68. The third-order valence-corrected chi connectivity index (χ3v) is 12.0. The minimum Gasteiger partial charge on any atom is -0.494 e. The van der Waals surface area contributed by atoms with Gasteiger partial charge in [0, 0.05) is 0 Å². The molecule has 0 unspecified atom stereocenters. The molecule has 0 spiro atoms. The van der Waals surface area contributed by atoms with Crippen LogP contribution in [-0.4, -0.2) is 39.2 Å². The van der Waals surface area contributed by atoms with Crippen molar-refractivity contribution in [2.75, 3.05) is 13.2 Å². The van der Waals surface area contributed by atoms with Crippen molar-refractivity contribution in [1.82, 2.24) is 0 Å². The maximum absolute atomic E-state index is 13.2. The molecule has 0 aliphatic heterocycles. The second-order valence-electron chi connectivity index (χ2n) is 11.7. The second kappa shape index (κ2) is 22.0. The number of ether oxygens (including phenoxy) is 2. The second-order valence-corrected chi connectivity index (χ2v) is 15.7. The number of hydrogen-bond donors (Lipinski definition) is 0. The van der Waals surface area contributed by atoms with Gasteiger partial charge in [0.05, 0.1) is 23.0 Å². The molecule has 0 aromatic heterocycles. The van der Waals surface area contributed by atoms with Gasteiger partial charge in [-0.1, -0.05) is 117 Å². The van der Waals surface area contributed by atoms with E-state index < -0.39 is 24.1 Å². The number of unbranched alkanes of at least 4 members (excludes halogenated alkanes) is 16. The van der Waals surface area contributed by atoms with Gasteiger partial charge in [0.15, 0.2) is 0 Å². The maximum atomic E-state index is 13.2. The summed E-state index contributed by atoms with van der Waals surface area (Å²) in [5, 5.41) is 0. The van der Waals surface area contributed by atoms with Gasteiger partial charge in [-0.25, -0.2) is 16.8 Å². The van der Waals surface area contributed by atoms with Gasteiger partial charge in [-0.05, 0) is 61.4 Å². The monoisotopic (exact) mass is 662 g/mol. The van der Waals surface area contributed by atoms with E-state index in [0.717, 1.165) is 25.7 Å². The van der Waals surface area contributed by atoms with Crippen LogP contribution >= 0.6 is 0 Å². The van der Waals surface area contributed by atoms with Gasteiger partial charge in [-0.3, -0.25) is 0 Å². The molecule has 0 aliphatic rings. The summed E-state index contributed by atoms with van der Waals surface area (Å²) in [5.74, 6) is 0.966. The fourth-order valence-corrected chi connectivity index (χ4v) is 8.43. The van der Waals surface area contributed by atoms with Crippen LogP contribution in [0, 0.1) is 0 Å². The van der Waals surface area contributed by atoms with Crippen molar-refractivity contribution in [2.24, 2.45) is 0 Å². The predicted octanol–water partition coefficient (Wildman–Crippen LogP) is 9.34. The molecule has 2 aromatic rings. The molecule has 0 saturated heterocycles. The van der Waals surface area contributed by atoms with Crippen LogP contribution in [0.4, 0.5) is 0 Å². The summed E-state index contributed by atoms with van der Waals surface area (Å²) >= 11 is 0. The summed E-state index contributed by atoms with van der Waals surface area (Å²) in [6.45, 7) is 5.46. The first-order valence-electron chi connectivity index (χ1n) is 16.9. The van der Waals surface area contributed by atoms with Gasteiger partial charge in [-0.15, -0.1) is 4.79 Å². The summed E-state index contributed by atoms with van der Waals surface area (Å²) in [4.78, 5) is 2.10. The molecule has 2 aromatic carbocycles. The Kier molecular flexibility index (Phi) is 18.8. The largest absolute Gasteiger partial charge is 0.504 e. The van der Waals surface area contributed by atoms with E-state index >= 15 is 0 Å². The predicted molar refractivity (Wildman–Crippen MR) is 181 cm³/mol. The lowest BCUT2D eigenvalue weighted by Gasteiger charge is -2.08.